The van der Waals surface area contributed by atoms with Gasteiger partial charge in [-0.05, 0) is 36.2 Å². The summed E-state index contributed by atoms with van der Waals surface area (Å²) in [5, 5.41) is 0.521. The van der Waals surface area contributed by atoms with Crippen molar-refractivity contribution in [3.8, 4) is 0 Å². The number of benzene rings is 2. The maximum absolute atomic E-state index is 12.5. The molecule has 134 valence electrons. The van der Waals surface area contributed by atoms with Crippen molar-refractivity contribution in [2.24, 2.45) is 0 Å². The molecule has 26 heavy (non-hydrogen) atoms. The summed E-state index contributed by atoms with van der Waals surface area (Å²) in [5.74, 6) is -0.965. The van der Waals surface area contributed by atoms with Crippen LogP contribution in [0.25, 0.3) is 0 Å². The van der Waals surface area contributed by atoms with Crippen molar-refractivity contribution in [3.05, 3.63) is 65.2 Å². The molecule has 1 saturated heterocycles. The predicted molar refractivity (Wildman–Crippen MR) is 98.4 cm³/mol. The lowest BCUT2D eigenvalue weighted by molar-refractivity contribution is -0.123. The van der Waals surface area contributed by atoms with Crippen molar-refractivity contribution >= 4 is 35.0 Å². The zero-order valence-corrected chi connectivity index (χ0v) is 14.7. The van der Waals surface area contributed by atoms with Crippen LogP contribution in [0.4, 0.5) is 5.69 Å². The first kappa shape index (κ1) is 18.1. The van der Waals surface area contributed by atoms with Gasteiger partial charge in [-0.3, -0.25) is 19.8 Å². The molecule has 1 aliphatic heterocycles. The van der Waals surface area contributed by atoms with Crippen LogP contribution in [0.15, 0.2) is 54.6 Å². The Kier molecular flexibility index (Phi) is 5.65. The maximum atomic E-state index is 12.5. The van der Waals surface area contributed by atoms with Crippen molar-refractivity contribution in [3.63, 3.8) is 0 Å². The van der Waals surface area contributed by atoms with E-state index in [0.717, 1.165) is 10.5 Å². The van der Waals surface area contributed by atoms with Crippen LogP contribution in [0.5, 0.6) is 0 Å². The molecule has 0 aromatic heterocycles. The van der Waals surface area contributed by atoms with Crippen LogP contribution in [0.3, 0.4) is 0 Å². The Morgan fingerprint density at radius 1 is 1.08 bits per heavy atom. The molecule has 1 fully saturated rings. The summed E-state index contributed by atoms with van der Waals surface area (Å²) in [4.78, 5) is 37.7. The Morgan fingerprint density at radius 2 is 1.77 bits per heavy atom. The molecular weight excluding hydrogens is 354 g/mol. The average molecular weight is 372 g/mol. The number of hydrogen-bond donors (Lipinski definition) is 2. The van der Waals surface area contributed by atoms with E-state index in [1.54, 1.807) is 24.3 Å². The van der Waals surface area contributed by atoms with Gasteiger partial charge >= 0.3 is 0 Å². The lowest BCUT2D eigenvalue weighted by Crippen LogP contribution is -2.48. The number of hydrogen-bond acceptors (Lipinski definition) is 4. The van der Waals surface area contributed by atoms with Crippen LogP contribution in [0.2, 0.25) is 5.02 Å². The third-order valence-corrected chi connectivity index (χ3v) is 4.35. The fourth-order valence-electron chi connectivity index (χ4n) is 2.74. The molecule has 3 amide bonds. The zero-order chi connectivity index (χ0) is 18.5. The summed E-state index contributed by atoms with van der Waals surface area (Å²) in [6.45, 7) is 0. The van der Waals surface area contributed by atoms with E-state index in [0.29, 0.717) is 17.1 Å². The molecule has 2 aromatic carbocycles. The number of halogens is 1. The van der Waals surface area contributed by atoms with Crippen molar-refractivity contribution in [1.82, 2.24) is 10.9 Å². The predicted octanol–water partition coefficient (Wildman–Crippen LogP) is 2.23. The van der Waals surface area contributed by atoms with Gasteiger partial charge in [-0.2, -0.15) is 0 Å². The molecule has 0 radical (unpaired) electrons. The van der Waals surface area contributed by atoms with Gasteiger partial charge < -0.3 is 0 Å². The number of nitrogens with one attached hydrogen (secondary N) is 2. The molecule has 7 heteroatoms. The van der Waals surface area contributed by atoms with E-state index >= 15 is 0 Å². The normalized spacial score (nSPS) is 16.8. The quantitative estimate of drug-likeness (QED) is 0.603. The number of anilines is 1. The van der Waals surface area contributed by atoms with E-state index in [1.165, 1.54) is 0 Å². The summed E-state index contributed by atoms with van der Waals surface area (Å²) in [7, 11) is 0. The van der Waals surface area contributed by atoms with Crippen LogP contribution < -0.4 is 15.8 Å². The minimum absolute atomic E-state index is 0.0135. The van der Waals surface area contributed by atoms with Crippen molar-refractivity contribution in [1.29, 1.82) is 0 Å². The van der Waals surface area contributed by atoms with Crippen LogP contribution in [-0.4, -0.2) is 23.8 Å². The standard InChI is InChI=1S/C19H18ClN3O3/c20-14-7-9-15(10-8-14)23-18(25)12-16(19(23)26)21-22-17(24)11-6-13-4-2-1-3-5-13/h1-5,7-10,16,21H,6,11-12H2,(H,22,24)/t16-/m1/s1. The van der Waals surface area contributed by atoms with Gasteiger partial charge in [0.25, 0.3) is 5.91 Å². The third kappa shape index (κ3) is 4.28. The molecule has 0 aliphatic carbocycles. The smallest absolute Gasteiger partial charge is 0.253 e. The summed E-state index contributed by atoms with van der Waals surface area (Å²) < 4.78 is 0. The second kappa shape index (κ2) is 8.12. The van der Waals surface area contributed by atoms with Crippen molar-refractivity contribution in [2.75, 3.05) is 4.90 Å². The van der Waals surface area contributed by atoms with Crippen molar-refractivity contribution in [2.45, 2.75) is 25.3 Å². The van der Waals surface area contributed by atoms with Gasteiger partial charge in [0.05, 0.1) is 12.1 Å². The summed E-state index contributed by atoms with van der Waals surface area (Å²) >= 11 is 5.83. The Balaban J connectivity index is 1.52. The van der Waals surface area contributed by atoms with Gasteiger partial charge in [-0.15, -0.1) is 0 Å². The van der Waals surface area contributed by atoms with Gasteiger partial charge in [0.2, 0.25) is 11.8 Å². The second-order valence-corrected chi connectivity index (χ2v) is 6.42. The van der Waals surface area contributed by atoms with Crippen LogP contribution in [0.1, 0.15) is 18.4 Å². The topological polar surface area (TPSA) is 78.5 Å². The fourth-order valence-corrected chi connectivity index (χ4v) is 2.86. The number of nitrogens with zero attached hydrogens (tertiary/aromatic N) is 1. The molecule has 0 spiro atoms. The second-order valence-electron chi connectivity index (χ2n) is 5.98. The molecule has 1 heterocycles. The van der Waals surface area contributed by atoms with Gasteiger partial charge in [-0.1, -0.05) is 41.9 Å². The third-order valence-electron chi connectivity index (χ3n) is 4.10. The van der Waals surface area contributed by atoms with Gasteiger partial charge in [0.15, 0.2) is 0 Å². The van der Waals surface area contributed by atoms with E-state index in [4.69, 9.17) is 11.6 Å². The first-order valence-electron chi connectivity index (χ1n) is 8.25. The van der Waals surface area contributed by atoms with Gasteiger partial charge in [0.1, 0.15) is 6.04 Å². The molecule has 1 atom stereocenters. The molecule has 3 rings (SSSR count). The average Bonchev–Trinajstić information content (AvgIpc) is 2.93. The lowest BCUT2D eigenvalue weighted by Gasteiger charge is -2.16. The minimum atomic E-state index is -0.779. The monoisotopic (exact) mass is 371 g/mol. The summed E-state index contributed by atoms with van der Waals surface area (Å²) in [6.07, 6.45) is 0.871. The first-order valence-corrected chi connectivity index (χ1v) is 8.63. The summed E-state index contributed by atoms with van der Waals surface area (Å²) in [5.41, 5.74) is 6.71. The Morgan fingerprint density at radius 3 is 2.46 bits per heavy atom. The number of carbonyl (C=O) groups excluding carboxylic acids is 3. The molecular formula is C19H18ClN3O3. The Bertz CT molecular complexity index is 809. The maximum Gasteiger partial charge on any atom is 0.253 e. The highest BCUT2D eigenvalue weighted by Crippen LogP contribution is 2.24. The number of rotatable bonds is 6. The molecule has 2 aromatic rings. The molecule has 6 nitrogen and oxygen atoms in total. The Labute approximate surface area is 156 Å². The van der Waals surface area contributed by atoms with Crippen molar-refractivity contribution < 1.29 is 14.4 Å². The SMILES string of the molecule is O=C(CCc1ccccc1)NN[C@@H]1CC(=O)N(c2ccc(Cl)cc2)C1=O. The zero-order valence-electron chi connectivity index (χ0n) is 13.9. The largest absolute Gasteiger partial charge is 0.291 e. The minimum Gasteiger partial charge on any atom is -0.291 e. The number of hydrazine groups is 1. The number of carbonyl (C=O) groups is 3. The highest BCUT2D eigenvalue weighted by molar-refractivity contribution is 6.30. The van der Waals surface area contributed by atoms with E-state index in [2.05, 4.69) is 10.9 Å². The molecule has 2 N–H and O–H groups in total. The molecule has 0 saturated carbocycles. The number of amides is 3. The van der Waals surface area contributed by atoms with Crippen LogP contribution in [0, 0.1) is 0 Å². The molecule has 1 aliphatic rings. The fraction of sp³-hybridized carbons (Fsp3) is 0.211. The number of imide groups is 1. The Hall–Kier alpha value is -2.70. The van der Waals surface area contributed by atoms with Gasteiger partial charge in [-0.25, -0.2) is 10.3 Å². The van der Waals surface area contributed by atoms with Crippen LogP contribution in [-0.2, 0) is 20.8 Å². The van der Waals surface area contributed by atoms with E-state index in [9.17, 15) is 14.4 Å². The first-order chi connectivity index (χ1) is 12.5. The van der Waals surface area contributed by atoms with E-state index < -0.39 is 11.9 Å². The highest BCUT2D eigenvalue weighted by Gasteiger charge is 2.39. The highest BCUT2D eigenvalue weighted by atomic mass is 35.5. The number of aryl methyl sites for hydroxylation is 1. The van der Waals surface area contributed by atoms with Crippen LogP contribution >= 0.6 is 11.6 Å². The summed E-state index contributed by atoms with van der Waals surface area (Å²) in [6, 6.07) is 15.3. The van der Waals surface area contributed by atoms with E-state index in [-0.39, 0.29) is 24.7 Å². The molecule has 0 bridgehead atoms. The van der Waals surface area contributed by atoms with E-state index in [1.807, 2.05) is 30.3 Å². The lowest BCUT2D eigenvalue weighted by atomic mass is 10.1. The van der Waals surface area contributed by atoms with Gasteiger partial charge in [0, 0.05) is 11.4 Å². The molecule has 0 unspecified atom stereocenters.